The van der Waals surface area contributed by atoms with Crippen molar-refractivity contribution >= 4 is 39.4 Å². The zero-order chi connectivity index (χ0) is 21.1. The fourth-order valence-corrected chi connectivity index (χ4v) is 6.78. The van der Waals surface area contributed by atoms with Gasteiger partial charge in [0.15, 0.2) is 0 Å². The van der Waals surface area contributed by atoms with Gasteiger partial charge in [-0.25, -0.2) is 8.42 Å². The maximum absolute atomic E-state index is 12.8. The van der Waals surface area contributed by atoms with Crippen molar-refractivity contribution in [3.8, 4) is 0 Å². The number of fused-ring (bicyclic) bond motifs is 1. The summed E-state index contributed by atoms with van der Waals surface area (Å²) >= 11 is 1.56. The molecule has 1 aliphatic carbocycles. The van der Waals surface area contributed by atoms with Crippen LogP contribution in [0.15, 0.2) is 29.2 Å². The average Bonchev–Trinajstić information content (AvgIpc) is 2.93. The molecule has 0 spiro atoms. The number of nitrogens with one attached hydrogen (secondary N) is 1. The van der Waals surface area contributed by atoms with E-state index in [4.69, 9.17) is 0 Å². The van der Waals surface area contributed by atoms with Crippen LogP contribution < -0.4 is 15.1 Å². The minimum absolute atomic E-state index is 0.0719. The van der Waals surface area contributed by atoms with Gasteiger partial charge in [0, 0.05) is 24.2 Å². The van der Waals surface area contributed by atoms with Crippen molar-refractivity contribution in [3.63, 3.8) is 0 Å². The van der Waals surface area contributed by atoms with Gasteiger partial charge in [0.1, 0.15) is 0 Å². The van der Waals surface area contributed by atoms with Gasteiger partial charge in [0.25, 0.3) is 5.91 Å². The monoisotopic (exact) mass is 444 g/mol. The summed E-state index contributed by atoms with van der Waals surface area (Å²) in [6, 6.07) is 6.87. The largest absolute Gasteiger partial charge is 0.347 e. The first-order chi connectivity index (χ1) is 14.5. The van der Waals surface area contributed by atoms with Crippen molar-refractivity contribution in [2.24, 2.45) is 0 Å². The van der Waals surface area contributed by atoms with Gasteiger partial charge in [-0.15, -0.1) is 11.3 Å². The summed E-state index contributed by atoms with van der Waals surface area (Å²) in [6.07, 6.45) is 10.7. The van der Waals surface area contributed by atoms with Crippen molar-refractivity contribution in [1.29, 1.82) is 0 Å². The maximum atomic E-state index is 12.8. The second-order valence-corrected chi connectivity index (χ2v) is 11.0. The first-order valence-corrected chi connectivity index (χ1v) is 12.9. The summed E-state index contributed by atoms with van der Waals surface area (Å²) < 4.78 is 28.3. The van der Waals surface area contributed by atoms with E-state index in [1.165, 1.54) is 9.75 Å². The van der Waals surface area contributed by atoms with Crippen LogP contribution in [-0.4, -0.2) is 31.7 Å². The third-order valence-electron chi connectivity index (χ3n) is 5.84. The lowest BCUT2D eigenvalue weighted by Gasteiger charge is -2.25. The molecule has 1 N–H and O–H groups in total. The molecule has 1 aliphatic heterocycles. The predicted molar refractivity (Wildman–Crippen MR) is 121 cm³/mol. The Morgan fingerprint density at radius 3 is 2.47 bits per heavy atom. The number of nitrogens with zero attached hydrogens (tertiary/aromatic N) is 1. The highest BCUT2D eigenvalue weighted by atomic mass is 32.2. The molecule has 0 unspecified atom stereocenters. The highest BCUT2D eigenvalue weighted by Crippen LogP contribution is 2.21. The Balaban J connectivity index is 1.44. The quantitative estimate of drug-likeness (QED) is 0.771. The van der Waals surface area contributed by atoms with Gasteiger partial charge in [-0.05, 0) is 67.5 Å². The van der Waals surface area contributed by atoms with E-state index < -0.39 is 10.0 Å². The van der Waals surface area contributed by atoms with Crippen LogP contribution in [0.1, 0.15) is 59.3 Å². The fraction of sp³-hybridized carbons (Fsp3) is 0.435. The molecule has 0 atom stereocenters. The molecule has 1 aromatic carbocycles. The standard InChI is InChI=1S/C23H28N2O3S2/c1-17-20-8-4-2-5-9-21(20)29-22(17)23(26)24-16-18-10-12-19(13-11-18)30(27,28)25-14-6-3-7-15-25/h8-13H,2-7,14-16H2,1H3,(H,24,26). The Hall–Kier alpha value is -1.96. The number of hydrogen-bond acceptors (Lipinski definition) is 4. The maximum Gasteiger partial charge on any atom is 0.261 e. The molecule has 30 heavy (non-hydrogen) atoms. The van der Waals surface area contributed by atoms with Gasteiger partial charge in [0.2, 0.25) is 10.0 Å². The van der Waals surface area contributed by atoms with Gasteiger partial charge < -0.3 is 5.32 Å². The van der Waals surface area contributed by atoms with Crippen LogP contribution in [0.5, 0.6) is 0 Å². The molecule has 1 amide bonds. The molecule has 2 heterocycles. The van der Waals surface area contributed by atoms with E-state index in [1.54, 1.807) is 39.9 Å². The highest BCUT2D eigenvalue weighted by molar-refractivity contribution is 7.89. The second kappa shape index (κ2) is 9.04. The molecule has 5 nitrogen and oxygen atoms in total. The Morgan fingerprint density at radius 1 is 1.03 bits per heavy atom. The third-order valence-corrected chi connectivity index (χ3v) is 9.06. The smallest absolute Gasteiger partial charge is 0.261 e. The lowest BCUT2D eigenvalue weighted by atomic mass is 10.2. The van der Waals surface area contributed by atoms with E-state index in [1.807, 2.05) is 6.92 Å². The molecule has 4 rings (SSSR count). The van der Waals surface area contributed by atoms with Crippen molar-refractivity contribution in [2.75, 3.05) is 13.1 Å². The number of thiophene rings is 1. The lowest BCUT2D eigenvalue weighted by Crippen LogP contribution is -2.35. The number of sulfonamides is 1. The van der Waals surface area contributed by atoms with E-state index in [0.717, 1.165) is 54.5 Å². The van der Waals surface area contributed by atoms with Gasteiger partial charge >= 0.3 is 0 Å². The molecule has 1 fully saturated rings. The van der Waals surface area contributed by atoms with E-state index >= 15 is 0 Å². The van der Waals surface area contributed by atoms with Crippen LogP contribution in [0.4, 0.5) is 0 Å². The normalized spacial score (nSPS) is 17.4. The molecule has 0 bridgehead atoms. The predicted octanol–water partition coefficient (Wildman–Crippen LogP) is 2.91. The lowest BCUT2D eigenvalue weighted by molar-refractivity contribution is 0.0954. The molecule has 0 saturated carbocycles. The van der Waals surface area contributed by atoms with Crippen LogP contribution in [0.2, 0.25) is 0 Å². The van der Waals surface area contributed by atoms with Crippen LogP contribution in [0, 0.1) is 6.92 Å². The van der Waals surface area contributed by atoms with Crippen LogP contribution in [-0.2, 0) is 16.6 Å². The summed E-state index contributed by atoms with van der Waals surface area (Å²) in [5.41, 5.74) is 1.93. The Morgan fingerprint density at radius 2 is 1.73 bits per heavy atom. The second-order valence-electron chi connectivity index (χ2n) is 7.96. The number of benzene rings is 1. The minimum Gasteiger partial charge on any atom is -0.347 e. The number of amides is 1. The van der Waals surface area contributed by atoms with Gasteiger partial charge in [-0.2, -0.15) is 4.31 Å². The van der Waals surface area contributed by atoms with Crippen molar-refractivity contribution in [2.45, 2.75) is 56.9 Å². The summed E-state index contributed by atoms with van der Waals surface area (Å²) in [4.78, 5) is 13.8. The molecule has 2 aliphatic rings. The molecule has 2 aromatic rings. The Labute approximate surface area is 182 Å². The number of rotatable bonds is 5. The molecule has 0 radical (unpaired) electrons. The molecular formula is C23H28N2O3S2. The van der Waals surface area contributed by atoms with Gasteiger partial charge in [-0.1, -0.05) is 30.7 Å². The zero-order valence-electron chi connectivity index (χ0n) is 17.3. The van der Waals surface area contributed by atoms with Crippen molar-refractivity contribution < 1.29 is 13.2 Å². The zero-order valence-corrected chi connectivity index (χ0v) is 18.9. The van der Waals surface area contributed by atoms with Crippen molar-refractivity contribution in [1.82, 2.24) is 9.62 Å². The number of carbonyl (C=O) groups excluding carboxylic acids is 1. The van der Waals surface area contributed by atoms with Crippen LogP contribution >= 0.6 is 11.3 Å². The van der Waals surface area contributed by atoms with E-state index in [9.17, 15) is 13.2 Å². The summed E-state index contributed by atoms with van der Waals surface area (Å²) in [5, 5.41) is 4.19. The summed E-state index contributed by atoms with van der Waals surface area (Å²) in [6.45, 7) is 3.58. The van der Waals surface area contributed by atoms with Crippen molar-refractivity contribution in [3.05, 3.63) is 50.0 Å². The highest BCUT2D eigenvalue weighted by Gasteiger charge is 2.25. The Bertz CT molecular complexity index is 1140. The van der Waals surface area contributed by atoms with E-state index in [-0.39, 0.29) is 5.91 Å². The molecule has 7 heteroatoms. The molecule has 1 aromatic heterocycles. The number of carbonyl (C=O) groups is 1. The number of piperidine rings is 1. The van der Waals surface area contributed by atoms with Gasteiger partial charge in [-0.3, -0.25) is 4.79 Å². The van der Waals surface area contributed by atoms with Crippen LogP contribution in [0.3, 0.4) is 0 Å². The average molecular weight is 445 g/mol. The molecule has 160 valence electrons. The Kier molecular flexibility index (Phi) is 6.41. The molecular weight excluding hydrogens is 416 g/mol. The topological polar surface area (TPSA) is 66.5 Å². The number of hydrogen-bond donors (Lipinski definition) is 1. The molecule has 1 saturated heterocycles. The summed E-state index contributed by atoms with van der Waals surface area (Å²) in [7, 11) is -3.42. The fourth-order valence-electron chi connectivity index (χ4n) is 4.06. The van der Waals surface area contributed by atoms with E-state index in [2.05, 4.69) is 17.5 Å². The van der Waals surface area contributed by atoms with E-state index in [0.29, 0.717) is 24.5 Å². The first-order valence-electron chi connectivity index (χ1n) is 10.6. The summed E-state index contributed by atoms with van der Waals surface area (Å²) in [5.74, 6) is -0.0719. The van der Waals surface area contributed by atoms with Gasteiger partial charge in [0.05, 0.1) is 9.77 Å². The SMILES string of the molecule is Cc1c(C(=O)NCc2ccc(S(=O)(=O)N3CCCCC3)cc2)sc2c1=CCCCC=2. The third kappa shape index (κ3) is 4.38. The van der Waals surface area contributed by atoms with Crippen LogP contribution in [0.25, 0.3) is 12.2 Å². The minimum atomic E-state index is -3.42. The first kappa shape index (κ1) is 21.3.